The summed E-state index contributed by atoms with van der Waals surface area (Å²) in [5, 5.41) is 9.47. The van der Waals surface area contributed by atoms with Crippen LogP contribution < -0.4 is 9.46 Å². The fourth-order valence-corrected chi connectivity index (χ4v) is 4.91. The molecule has 142 valence electrons. The van der Waals surface area contributed by atoms with Gasteiger partial charge in [-0.2, -0.15) is 5.26 Å². The summed E-state index contributed by atoms with van der Waals surface area (Å²) < 4.78 is 33.9. The van der Waals surface area contributed by atoms with Crippen molar-refractivity contribution in [2.24, 2.45) is 0 Å². The van der Waals surface area contributed by atoms with Crippen LogP contribution in [0.1, 0.15) is 36.9 Å². The van der Waals surface area contributed by atoms with Crippen molar-refractivity contribution >= 4 is 21.6 Å². The van der Waals surface area contributed by atoms with E-state index in [1.54, 1.807) is 25.1 Å². The third kappa shape index (κ3) is 4.56. The Balaban J connectivity index is 1.61. The molecule has 1 aliphatic rings. The molecule has 0 radical (unpaired) electrons. The van der Waals surface area contributed by atoms with Gasteiger partial charge >= 0.3 is 0 Å². The molecule has 1 N–H and O–H groups in total. The van der Waals surface area contributed by atoms with Crippen LogP contribution in [0.3, 0.4) is 0 Å². The van der Waals surface area contributed by atoms with Gasteiger partial charge in [-0.15, -0.1) is 0 Å². The summed E-state index contributed by atoms with van der Waals surface area (Å²) in [4.78, 5) is 8.17. The number of nitrogens with one attached hydrogen (secondary N) is 1. The molecule has 1 heterocycles. The molecule has 0 atom stereocenters. The van der Waals surface area contributed by atoms with Crippen LogP contribution in [-0.4, -0.2) is 30.5 Å². The van der Waals surface area contributed by atoms with Gasteiger partial charge in [0.25, 0.3) is 5.88 Å². The van der Waals surface area contributed by atoms with Crippen LogP contribution in [-0.2, 0) is 10.0 Å². The molecule has 27 heavy (non-hydrogen) atoms. The number of ether oxygens (including phenoxy) is 1. The molecule has 0 bridgehead atoms. The molecule has 9 heteroatoms. The molecule has 3 rings (SSSR count). The average Bonchev–Trinajstić information content (AvgIpc) is 2.65. The Morgan fingerprint density at radius 2 is 1.93 bits per heavy atom. The van der Waals surface area contributed by atoms with Crippen molar-refractivity contribution in [2.75, 3.05) is 0 Å². The molecule has 0 spiro atoms. The molecule has 1 aliphatic carbocycles. The molecule has 0 aliphatic heterocycles. The second-order valence-electron chi connectivity index (χ2n) is 6.40. The van der Waals surface area contributed by atoms with Crippen LogP contribution in [0.4, 0.5) is 0 Å². The van der Waals surface area contributed by atoms with Crippen LogP contribution in [0.5, 0.6) is 5.88 Å². The molecule has 1 saturated carbocycles. The van der Waals surface area contributed by atoms with E-state index in [9.17, 15) is 8.42 Å². The van der Waals surface area contributed by atoms with Gasteiger partial charge in [-0.05, 0) is 50.3 Å². The lowest BCUT2D eigenvalue weighted by molar-refractivity contribution is 0.137. The molecule has 2 aromatic rings. The number of sulfonamides is 1. The molecule has 0 amide bonds. The summed E-state index contributed by atoms with van der Waals surface area (Å²) in [6.07, 6.45) is 5.37. The summed E-state index contributed by atoms with van der Waals surface area (Å²) in [7, 11) is -3.64. The topological polar surface area (TPSA) is 105 Å². The molecule has 1 fully saturated rings. The van der Waals surface area contributed by atoms with E-state index in [0.29, 0.717) is 36.3 Å². The van der Waals surface area contributed by atoms with Crippen LogP contribution in [0.25, 0.3) is 0 Å². The lowest BCUT2D eigenvalue weighted by Crippen LogP contribution is -2.40. The first-order valence-electron chi connectivity index (χ1n) is 8.56. The van der Waals surface area contributed by atoms with Crippen molar-refractivity contribution in [3.63, 3.8) is 0 Å². The molecule has 0 unspecified atom stereocenters. The minimum atomic E-state index is -3.64. The van der Waals surface area contributed by atoms with E-state index in [2.05, 4.69) is 14.7 Å². The Labute approximate surface area is 163 Å². The predicted molar refractivity (Wildman–Crippen MR) is 99.9 cm³/mol. The SMILES string of the molecule is Cc1c(Cl)cccc1S(=O)(=O)NC1CCC(Oc2nccnc2C#N)CC1. The minimum absolute atomic E-state index is 0.123. The van der Waals surface area contributed by atoms with Crippen molar-refractivity contribution < 1.29 is 13.2 Å². The number of hydrogen-bond donors (Lipinski definition) is 1. The summed E-state index contributed by atoms with van der Waals surface area (Å²) in [5.74, 6) is 0.221. The highest BCUT2D eigenvalue weighted by molar-refractivity contribution is 7.89. The quantitative estimate of drug-likeness (QED) is 0.818. The van der Waals surface area contributed by atoms with E-state index >= 15 is 0 Å². The Hall–Kier alpha value is -2.21. The second kappa shape index (κ2) is 8.21. The number of aromatic nitrogens is 2. The zero-order chi connectivity index (χ0) is 19.4. The summed E-state index contributed by atoms with van der Waals surface area (Å²) in [6.45, 7) is 1.69. The Morgan fingerprint density at radius 3 is 2.63 bits per heavy atom. The monoisotopic (exact) mass is 406 g/mol. The van der Waals surface area contributed by atoms with E-state index in [-0.39, 0.29) is 28.6 Å². The van der Waals surface area contributed by atoms with Gasteiger partial charge < -0.3 is 4.74 Å². The Kier molecular flexibility index (Phi) is 5.95. The predicted octanol–water partition coefficient (Wildman–Crippen LogP) is 2.98. The summed E-state index contributed by atoms with van der Waals surface area (Å²) in [6, 6.07) is 6.62. The fourth-order valence-electron chi connectivity index (χ4n) is 3.11. The molecule has 7 nitrogen and oxygen atoms in total. The van der Waals surface area contributed by atoms with Crippen molar-refractivity contribution in [2.45, 2.75) is 49.6 Å². The first kappa shape index (κ1) is 19.5. The van der Waals surface area contributed by atoms with E-state index < -0.39 is 10.0 Å². The molecule has 1 aromatic carbocycles. The van der Waals surface area contributed by atoms with E-state index in [1.165, 1.54) is 12.4 Å². The zero-order valence-corrected chi connectivity index (χ0v) is 16.3. The third-order valence-electron chi connectivity index (χ3n) is 4.55. The van der Waals surface area contributed by atoms with Crippen molar-refractivity contribution in [1.29, 1.82) is 5.26 Å². The van der Waals surface area contributed by atoms with E-state index in [4.69, 9.17) is 21.6 Å². The van der Waals surface area contributed by atoms with Crippen LogP contribution in [0, 0.1) is 18.3 Å². The highest BCUT2D eigenvalue weighted by Crippen LogP contribution is 2.27. The second-order valence-corrected chi connectivity index (χ2v) is 8.49. The first-order valence-corrected chi connectivity index (χ1v) is 10.4. The fraction of sp³-hybridized carbons (Fsp3) is 0.389. The third-order valence-corrected chi connectivity index (χ3v) is 6.63. The summed E-state index contributed by atoms with van der Waals surface area (Å²) in [5.41, 5.74) is 0.687. The van der Waals surface area contributed by atoms with Gasteiger partial charge in [-0.1, -0.05) is 17.7 Å². The maximum Gasteiger partial charge on any atom is 0.251 e. The number of nitriles is 1. The number of nitrogens with zero attached hydrogens (tertiary/aromatic N) is 3. The van der Waals surface area contributed by atoms with E-state index in [0.717, 1.165) is 0 Å². The highest BCUT2D eigenvalue weighted by atomic mass is 35.5. The Bertz CT molecular complexity index is 967. The smallest absolute Gasteiger partial charge is 0.251 e. The normalized spacial score (nSPS) is 20.0. The van der Waals surface area contributed by atoms with E-state index in [1.807, 2.05) is 6.07 Å². The van der Waals surface area contributed by atoms with Crippen molar-refractivity contribution in [3.05, 3.63) is 46.9 Å². The van der Waals surface area contributed by atoms with Crippen LogP contribution in [0.15, 0.2) is 35.5 Å². The van der Waals surface area contributed by atoms with Crippen LogP contribution >= 0.6 is 11.6 Å². The summed E-state index contributed by atoms with van der Waals surface area (Å²) >= 11 is 6.04. The van der Waals surface area contributed by atoms with Gasteiger partial charge in [-0.25, -0.2) is 23.1 Å². The lowest BCUT2D eigenvalue weighted by Gasteiger charge is -2.29. The zero-order valence-electron chi connectivity index (χ0n) is 14.7. The number of halogens is 1. The van der Waals surface area contributed by atoms with Gasteiger partial charge in [-0.3, -0.25) is 0 Å². The molecule has 0 saturated heterocycles. The minimum Gasteiger partial charge on any atom is -0.472 e. The largest absolute Gasteiger partial charge is 0.472 e. The first-order chi connectivity index (χ1) is 12.9. The lowest BCUT2D eigenvalue weighted by atomic mass is 9.94. The van der Waals surface area contributed by atoms with Crippen molar-refractivity contribution in [1.82, 2.24) is 14.7 Å². The van der Waals surface area contributed by atoms with Gasteiger partial charge in [0.15, 0.2) is 0 Å². The maximum absolute atomic E-state index is 12.7. The van der Waals surface area contributed by atoms with Gasteiger partial charge in [0.05, 0.1) is 4.90 Å². The van der Waals surface area contributed by atoms with Gasteiger partial charge in [0.1, 0.15) is 12.2 Å². The molecule has 1 aromatic heterocycles. The standard InChI is InChI=1S/C18H19ClN4O3S/c1-12-15(19)3-2-4-17(12)27(24,25)23-13-5-7-14(8-6-13)26-18-16(11-20)21-9-10-22-18/h2-4,9-10,13-14,23H,5-8H2,1H3. The van der Waals surface area contributed by atoms with Gasteiger partial charge in [0.2, 0.25) is 15.7 Å². The molecular weight excluding hydrogens is 388 g/mol. The molecular formula is C18H19ClN4O3S. The average molecular weight is 407 g/mol. The highest BCUT2D eigenvalue weighted by Gasteiger charge is 2.28. The van der Waals surface area contributed by atoms with Gasteiger partial charge in [0, 0.05) is 23.5 Å². The number of rotatable bonds is 5. The Morgan fingerprint density at radius 1 is 1.22 bits per heavy atom. The van der Waals surface area contributed by atoms with Crippen LogP contribution in [0.2, 0.25) is 5.02 Å². The number of hydrogen-bond acceptors (Lipinski definition) is 6. The van der Waals surface area contributed by atoms with Crippen molar-refractivity contribution in [3.8, 4) is 11.9 Å². The number of benzene rings is 1. The maximum atomic E-state index is 12.7.